The number of benzene rings is 1. The molecule has 29 heavy (non-hydrogen) atoms. The standard InChI is InChI=1S/C21H31N5O2S/c1-4-18(25(2)3)20-23-24-21(26(20)14-16-9-6-5-7-10-16)29-15-19(27)22-13-17-11-8-12-28-17/h5-7,9-10,17-18H,4,8,11-15H2,1-3H3,(H,22,27)/t17-,18+/m1/s1. The van der Waals surface area contributed by atoms with Gasteiger partial charge in [0, 0.05) is 13.2 Å². The minimum absolute atomic E-state index is 0.000891. The van der Waals surface area contributed by atoms with Gasteiger partial charge in [0.05, 0.1) is 24.4 Å². The summed E-state index contributed by atoms with van der Waals surface area (Å²) in [5.74, 6) is 1.25. The van der Waals surface area contributed by atoms with Crippen LogP contribution in [0.5, 0.6) is 0 Å². The summed E-state index contributed by atoms with van der Waals surface area (Å²) in [6.45, 7) is 4.22. The highest BCUT2D eigenvalue weighted by Gasteiger charge is 2.23. The average molecular weight is 418 g/mol. The normalized spacial score (nSPS) is 17.6. The quantitative estimate of drug-likeness (QED) is 0.600. The molecule has 2 heterocycles. The van der Waals surface area contributed by atoms with Gasteiger partial charge in [-0.2, -0.15) is 0 Å². The van der Waals surface area contributed by atoms with Gasteiger partial charge in [0.1, 0.15) is 0 Å². The number of nitrogens with zero attached hydrogens (tertiary/aromatic N) is 4. The molecule has 7 nitrogen and oxygen atoms in total. The van der Waals surface area contributed by atoms with Gasteiger partial charge in [0.15, 0.2) is 11.0 Å². The SMILES string of the molecule is CC[C@@H](c1nnc(SCC(=O)NC[C@H]2CCCO2)n1Cc1ccccc1)N(C)C. The van der Waals surface area contributed by atoms with Crippen LogP contribution in [0.2, 0.25) is 0 Å². The lowest BCUT2D eigenvalue weighted by Gasteiger charge is -2.23. The molecule has 1 amide bonds. The number of rotatable bonds is 10. The van der Waals surface area contributed by atoms with Crippen LogP contribution in [-0.4, -0.2) is 64.7 Å². The van der Waals surface area contributed by atoms with Crippen LogP contribution in [0.4, 0.5) is 0 Å². The second-order valence-electron chi connectivity index (χ2n) is 7.53. The molecule has 0 saturated carbocycles. The summed E-state index contributed by atoms with van der Waals surface area (Å²) in [4.78, 5) is 14.5. The summed E-state index contributed by atoms with van der Waals surface area (Å²) in [5, 5.41) is 12.7. The topological polar surface area (TPSA) is 72.3 Å². The Balaban J connectivity index is 1.69. The molecule has 0 spiro atoms. The summed E-state index contributed by atoms with van der Waals surface area (Å²) < 4.78 is 7.70. The van der Waals surface area contributed by atoms with Crippen molar-refractivity contribution in [1.82, 2.24) is 25.0 Å². The van der Waals surface area contributed by atoms with Gasteiger partial charge < -0.3 is 14.6 Å². The van der Waals surface area contributed by atoms with Gasteiger partial charge in [0.25, 0.3) is 0 Å². The Labute approximate surface area is 177 Å². The highest BCUT2D eigenvalue weighted by atomic mass is 32.2. The first-order chi connectivity index (χ1) is 14.1. The summed E-state index contributed by atoms with van der Waals surface area (Å²) in [7, 11) is 4.11. The number of carbonyl (C=O) groups is 1. The van der Waals surface area contributed by atoms with Gasteiger partial charge in [-0.3, -0.25) is 9.69 Å². The molecule has 2 aromatic rings. The number of nitrogens with one attached hydrogen (secondary N) is 1. The Morgan fingerprint density at radius 3 is 2.79 bits per heavy atom. The van der Waals surface area contributed by atoms with Crippen LogP contribution in [0.15, 0.2) is 35.5 Å². The fourth-order valence-electron chi connectivity index (χ4n) is 3.56. The van der Waals surface area contributed by atoms with E-state index in [-0.39, 0.29) is 18.1 Å². The minimum atomic E-state index is 0.000891. The van der Waals surface area contributed by atoms with Gasteiger partial charge in [-0.1, -0.05) is 49.0 Å². The molecule has 3 rings (SSSR count). The molecular formula is C21H31N5O2S. The first-order valence-electron chi connectivity index (χ1n) is 10.2. The summed E-state index contributed by atoms with van der Waals surface area (Å²) >= 11 is 1.44. The fraction of sp³-hybridized carbons (Fsp3) is 0.571. The third-order valence-corrected chi connectivity index (χ3v) is 6.09. The number of hydrogen-bond donors (Lipinski definition) is 1. The van der Waals surface area contributed by atoms with Crippen LogP contribution in [0, 0.1) is 0 Å². The van der Waals surface area contributed by atoms with Crippen LogP contribution >= 0.6 is 11.8 Å². The molecule has 1 aliphatic heterocycles. The van der Waals surface area contributed by atoms with E-state index in [1.165, 1.54) is 17.3 Å². The van der Waals surface area contributed by atoms with E-state index in [1.54, 1.807) is 0 Å². The second kappa shape index (κ2) is 10.8. The van der Waals surface area contributed by atoms with Gasteiger partial charge in [0.2, 0.25) is 5.91 Å². The maximum atomic E-state index is 12.3. The molecule has 8 heteroatoms. The largest absolute Gasteiger partial charge is 0.376 e. The predicted molar refractivity (Wildman–Crippen MR) is 115 cm³/mol. The Morgan fingerprint density at radius 2 is 2.14 bits per heavy atom. The summed E-state index contributed by atoms with van der Waals surface area (Å²) in [5.41, 5.74) is 1.19. The van der Waals surface area contributed by atoms with Crippen molar-refractivity contribution in [2.75, 3.05) is 33.0 Å². The molecule has 1 aliphatic rings. The number of amides is 1. The zero-order valence-electron chi connectivity index (χ0n) is 17.5. The van der Waals surface area contributed by atoms with E-state index in [0.29, 0.717) is 18.8 Å². The lowest BCUT2D eigenvalue weighted by Crippen LogP contribution is -2.33. The molecule has 1 fully saturated rings. The molecule has 1 saturated heterocycles. The summed E-state index contributed by atoms with van der Waals surface area (Å²) in [6, 6.07) is 10.5. The number of thioether (sulfide) groups is 1. The maximum absolute atomic E-state index is 12.3. The highest BCUT2D eigenvalue weighted by molar-refractivity contribution is 7.99. The molecular weight excluding hydrogens is 386 g/mol. The molecule has 2 atom stereocenters. The van der Waals surface area contributed by atoms with Crippen LogP contribution in [0.25, 0.3) is 0 Å². The first-order valence-corrected chi connectivity index (χ1v) is 11.2. The van der Waals surface area contributed by atoms with E-state index in [0.717, 1.165) is 36.9 Å². The number of aromatic nitrogens is 3. The van der Waals surface area contributed by atoms with E-state index >= 15 is 0 Å². The molecule has 0 aliphatic carbocycles. The Bertz CT molecular complexity index is 775. The highest BCUT2D eigenvalue weighted by Crippen LogP contribution is 2.26. The molecule has 1 N–H and O–H groups in total. The third kappa shape index (κ3) is 6.04. The molecule has 0 bridgehead atoms. The molecule has 1 aromatic carbocycles. The Kier molecular flexibility index (Phi) is 8.09. The van der Waals surface area contributed by atoms with Crippen molar-refractivity contribution in [2.24, 2.45) is 0 Å². The third-order valence-electron chi connectivity index (χ3n) is 5.12. The van der Waals surface area contributed by atoms with E-state index in [2.05, 4.69) is 58.1 Å². The van der Waals surface area contributed by atoms with Gasteiger partial charge in [-0.05, 0) is 38.9 Å². The Morgan fingerprint density at radius 1 is 1.34 bits per heavy atom. The second-order valence-corrected chi connectivity index (χ2v) is 8.47. The van der Waals surface area contributed by atoms with Crippen molar-refractivity contribution in [3.8, 4) is 0 Å². The summed E-state index contributed by atoms with van der Waals surface area (Å²) in [6.07, 6.45) is 3.19. The lowest BCUT2D eigenvalue weighted by molar-refractivity contribution is -0.119. The zero-order valence-corrected chi connectivity index (χ0v) is 18.3. The van der Waals surface area contributed by atoms with Crippen molar-refractivity contribution in [3.63, 3.8) is 0 Å². The van der Waals surface area contributed by atoms with Crippen molar-refractivity contribution in [1.29, 1.82) is 0 Å². The first kappa shape index (κ1) is 21.8. The van der Waals surface area contributed by atoms with Crippen molar-refractivity contribution in [2.45, 2.75) is 50.0 Å². The van der Waals surface area contributed by atoms with E-state index in [4.69, 9.17) is 4.74 Å². The molecule has 1 aromatic heterocycles. The van der Waals surface area contributed by atoms with E-state index < -0.39 is 0 Å². The lowest BCUT2D eigenvalue weighted by atomic mass is 10.2. The van der Waals surface area contributed by atoms with E-state index in [1.807, 2.05) is 18.2 Å². The van der Waals surface area contributed by atoms with Crippen molar-refractivity contribution < 1.29 is 9.53 Å². The smallest absolute Gasteiger partial charge is 0.230 e. The van der Waals surface area contributed by atoms with Crippen LogP contribution in [0.1, 0.15) is 43.6 Å². The maximum Gasteiger partial charge on any atom is 0.230 e. The van der Waals surface area contributed by atoms with E-state index in [9.17, 15) is 4.79 Å². The van der Waals surface area contributed by atoms with Crippen LogP contribution in [-0.2, 0) is 16.1 Å². The monoisotopic (exact) mass is 417 g/mol. The fourth-order valence-corrected chi connectivity index (χ4v) is 4.34. The van der Waals surface area contributed by atoms with Crippen LogP contribution in [0.3, 0.4) is 0 Å². The zero-order chi connectivity index (χ0) is 20.6. The molecule has 0 radical (unpaired) electrons. The van der Waals surface area contributed by atoms with Crippen molar-refractivity contribution >= 4 is 17.7 Å². The molecule has 158 valence electrons. The predicted octanol–water partition coefficient (Wildman–Crippen LogP) is 2.73. The Hall–Kier alpha value is -1.90. The van der Waals surface area contributed by atoms with Gasteiger partial charge in [-0.25, -0.2) is 0 Å². The van der Waals surface area contributed by atoms with Gasteiger partial charge >= 0.3 is 0 Å². The minimum Gasteiger partial charge on any atom is -0.376 e. The average Bonchev–Trinajstić information content (AvgIpc) is 3.37. The van der Waals surface area contributed by atoms with Gasteiger partial charge in [-0.15, -0.1) is 10.2 Å². The van der Waals surface area contributed by atoms with Crippen molar-refractivity contribution in [3.05, 3.63) is 41.7 Å². The van der Waals surface area contributed by atoms with Crippen LogP contribution < -0.4 is 5.32 Å². The number of ether oxygens (including phenoxy) is 1. The number of hydrogen-bond acceptors (Lipinski definition) is 6. The molecule has 0 unspecified atom stereocenters. The number of carbonyl (C=O) groups excluding carboxylic acids is 1.